The van der Waals surface area contributed by atoms with Gasteiger partial charge in [0, 0.05) is 6.04 Å². The van der Waals surface area contributed by atoms with Crippen LogP contribution in [0.5, 0.6) is 11.5 Å². The molecule has 0 radical (unpaired) electrons. The Kier molecular flexibility index (Phi) is 7.74. The predicted octanol–water partition coefficient (Wildman–Crippen LogP) is 1.63. The van der Waals surface area contributed by atoms with E-state index in [-0.39, 0.29) is 24.0 Å². The minimum atomic E-state index is -1.10. The standard InChI is InChI=1S/C9H11NO4.C9H13N/c10-6(9(13)14)3-5-1-2-7(11)8(12)4-5;1-8(10)7-9-5-3-2-4-6-9/h1-2,4,6,11-12H,3,10H2,(H,13,14);2-6,8H,7,10H2,1H3/t6-;/m0./s1. The molecule has 0 amide bonds. The maximum atomic E-state index is 10.4. The first-order valence-corrected chi connectivity index (χ1v) is 7.58. The summed E-state index contributed by atoms with van der Waals surface area (Å²) < 4.78 is 0. The van der Waals surface area contributed by atoms with Gasteiger partial charge in [-0.05, 0) is 43.0 Å². The molecule has 0 aliphatic heterocycles. The largest absolute Gasteiger partial charge is 0.504 e. The third kappa shape index (κ3) is 7.13. The number of carboxylic acids is 1. The zero-order valence-corrected chi connectivity index (χ0v) is 13.6. The van der Waals surface area contributed by atoms with Crippen molar-refractivity contribution in [2.45, 2.75) is 31.8 Å². The first-order valence-electron chi connectivity index (χ1n) is 7.58. The highest BCUT2D eigenvalue weighted by molar-refractivity contribution is 5.73. The summed E-state index contributed by atoms with van der Waals surface area (Å²) in [6, 6.07) is 13.7. The van der Waals surface area contributed by atoms with Crippen LogP contribution in [0, 0.1) is 0 Å². The molecule has 0 aromatic heterocycles. The summed E-state index contributed by atoms with van der Waals surface area (Å²) in [7, 11) is 0. The minimum absolute atomic E-state index is 0.114. The lowest BCUT2D eigenvalue weighted by atomic mass is 10.1. The molecule has 0 saturated carbocycles. The summed E-state index contributed by atoms with van der Waals surface area (Å²) in [6.07, 6.45) is 1.09. The lowest BCUT2D eigenvalue weighted by Gasteiger charge is -2.06. The van der Waals surface area contributed by atoms with E-state index in [1.165, 1.54) is 23.8 Å². The van der Waals surface area contributed by atoms with Gasteiger partial charge in [0.15, 0.2) is 11.5 Å². The molecule has 7 N–H and O–H groups in total. The van der Waals surface area contributed by atoms with E-state index in [9.17, 15) is 4.79 Å². The first-order chi connectivity index (χ1) is 11.3. The van der Waals surface area contributed by atoms with Crippen LogP contribution in [0.1, 0.15) is 18.1 Å². The van der Waals surface area contributed by atoms with Crippen LogP contribution < -0.4 is 11.5 Å². The van der Waals surface area contributed by atoms with Crippen LogP contribution in [0.3, 0.4) is 0 Å². The molecule has 6 heteroatoms. The number of carbonyl (C=O) groups is 1. The maximum absolute atomic E-state index is 10.4. The van der Waals surface area contributed by atoms with Crippen LogP contribution >= 0.6 is 0 Å². The van der Waals surface area contributed by atoms with Crippen LogP contribution in [0.15, 0.2) is 48.5 Å². The first kappa shape index (κ1) is 19.5. The molecule has 2 atom stereocenters. The average Bonchev–Trinajstić information content (AvgIpc) is 2.52. The molecule has 0 bridgehead atoms. The van der Waals surface area contributed by atoms with Crippen LogP contribution in [-0.4, -0.2) is 33.4 Å². The lowest BCUT2D eigenvalue weighted by Crippen LogP contribution is -2.32. The van der Waals surface area contributed by atoms with Crippen molar-refractivity contribution in [1.82, 2.24) is 0 Å². The summed E-state index contributed by atoms with van der Waals surface area (Å²) in [6.45, 7) is 2.02. The second-order valence-corrected chi connectivity index (χ2v) is 5.64. The van der Waals surface area contributed by atoms with Gasteiger partial charge in [-0.15, -0.1) is 0 Å². The minimum Gasteiger partial charge on any atom is -0.504 e. The molecule has 0 aliphatic carbocycles. The van der Waals surface area contributed by atoms with E-state index in [4.69, 9.17) is 26.8 Å². The molecule has 2 rings (SSSR count). The highest BCUT2D eigenvalue weighted by Gasteiger charge is 2.12. The highest BCUT2D eigenvalue weighted by Crippen LogP contribution is 2.25. The SMILES string of the molecule is CC(N)Cc1ccccc1.N[C@@H](Cc1ccc(O)c(O)c1)C(=O)O. The van der Waals surface area contributed by atoms with E-state index >= 15 is 0 Å². The molecule has 130 valence electrons. The van der Waals surface area contributed by atoms with Gasteiger partial charge in [-0.25, -0.2) is 0 Å². The smallest absolute Gasteiger partial charge is 0.320 e. The predicted molar refractivity (Wildman–Crippen MR) is 92.9 cm³/mol. The molecule has 0 heterocycles. The molecule has 24 heavy (non-hydrogen) atoms. The summed E-state index contributed by atoms with van der Waals surface area (Å²) in [4.78, 5) is 10.4. The number of aromatic hydroxyl groups is 2. The van der Waals surface area contributed by atoms with Crippen LogP contribution in [-0.2, 0) is 17.6 Å². The van der Waals surface area contributed by atoms with Crippen molar-refractivity contribution >= 4 is 5.97 Å². The van der Waals surface area contributed by atoms with Gasteiger partial charge in [0.1, 0.15) is 6.04 Å². The monoisotopic (exact) mass is 332 g/mol. The molecule has 2 aromatic carbocycles. The third-order valence-electron chi connectivity index (χ3n) is 3.21. The van der Waals surface area contributed by atoms with Gasteiger partial charge in [0.2, 0.25) is 0 Å². The van der Waals surface area contributed by atoms with Crippen molar-refractivity contribution in [3.05, 3.63) is 59.7 Å². The molecule has 0 fully saturated rings. The number of nitrogens with two attached hydrogens (primary N) is 2. The van der Waals surface area contributed by atoms with Gasteiger partial charge >= 0.3 is 5.97 Å². The fraction of sp³-hybridized carbons (Fsp3) is 0.278. The van der Waals surface area contributed by atoms with Gasteiger partial charge < -0.3 is 26.8 Å². The Morgan fingerprint density at radius 3 is 2.08 bits per heavy atom. The number of phenolic OH excluding ortho intramolecular Hbond substituents is 2. The number of carboxylic acid groups (broad SMARTS) is 1. The number of rotatable bonds is 5. The Hall–Kier alpha value is -2.57. The Balaban J connectivity index is 0.000000254. The van der Waals surface area contributed by atoms with Crippen molar-refractivity contribution in [2.75, 3.05) is 0 Å². The summed E-state index contributed by atoms with van der Waals surface area (Å²) in [5.41, 5.74) is 12.8. The zero-order valence-electron chi connectivity index (χ0n) is 13.6. The van der Waals surface area contributed by atoms with E-state index in [0.717, 1.165) is 6.42 Å². The molecule has 6 nitrogen and oxygen atoms in total. The van der Waals surface area contributed by atoms with Gasteiger partial charge in [-0.1, -0.05) is 36.4 Å². The van der Waals surface area contributed by atoms with Crippen molar-refractivity contribution in [1.29, 1.82) is 0 Å². The van der Waals surface area contributed by atoms with Crippen molar-refractivity contribution in [3.63, 3.8) is 0 Å². The van der Waals surface area contributed by atoms with Crippen molar-refractivity contribution in [2.24, 2.45) is 11.5 Å². The molecular formula is C18H24N2O4. The number of hydrogen-bond acceptors (Lipinski definition) is 5. The van der Waals surface area contributed by atoms with E-state index in [0.29, 0.717) is 5.56 Å². The second-order valence-electron chi connectivity index (χ2n) is 5.64. The van der Waals surface area contributed by atoms with Gasteiger partial charge in [0.05, 0.1) is 0 Å². The lowest BCUT2D eigenvalue weighted by molar-refractivity contribution is -0.138. The Morgan fingerprint density at radius 2 is 1.58 bits per heavy atom. The van der Waals surface area contributed by atoms with E-state index in [1.54, 1.807) is 0 Å². The normalized spacial score (nSPS) is 12.6. The highest BCUT2D eigenvalue weighted by atomic mass is 16.4. The van der Waals surface area contributed by atoms with E-state index < -0.39 is 12.0 Å². The van der Waals surface area contributed by atoms with E-state index in [1.807, 2.05) is 25.1 Å². The van der Waals surface area contributed by atoms with Crippen LogP contribution in [0.2, 0.25) is 0 Å². The molecule has 0 saturated heterocycles. The van der Waals surface area contributed by atoms with Crippen LogP contribution in [0.4, 0.5) is 0 Å². The molecule has 0 aliphatic rings. The van der Waals surface area contributed by atoms with Crippen LogP contribution in [0.25, 0.3) is 0 Å². The number of hydrogen-bond donors (Lipinski definition) is 5. The van der Waals surface area contributed by atoms with Gasteiger partial charge in [-0.2, -0.15) is 0 Å². The second kappa shape index (κ2) is 9.54. The summed E-state index contributed by atoms with van der Waals surface area (Å²) in [5, 5.41) is 26.6. The Labute approximate surface area is 141 Å². The fourth-order valence-electron chi connectivity index (χ4n) is 2.02. The maximum Gasteiger partial charge on any atom is 0.320 e. The number of phenols is 2. The molecule has 0 spiro atoms. The van der Waals surface area contributed by atoms with E-state index in [2.05, 4.69) is 12.1 Å². The average molecular weight is 332 g/mol. The molecule has 1 unspecified atom stereocenters. The zero-order chi connectivity index (χ0) is 18.1. The topological polar surface area (TPSA) is 130 Å². The van der Waals surface area contributed by atoms with Gasteiger partial charge in [0.25, 0.3) is 0 Å². The molecule has 2 aromatic rings. The van der Waals surface area contributed by atoms with Crippen molar-refractivity contribution in [3.8, 4) is 11.5 Å². The number of aliphatic carboxylic acids is 1. The fourth-order valence-corrected chi connectivity index (χ4v) is 2.02. The van der Waals surface area contributed by atoms with Crippen molar-refractivity contribution < 1.29 is 20.1 Å². The van der Waals surface area contributed by atoms with Gasteiger partial charge in [-0.3, -0.25) is 4.79 Å². The summed E-state index contributed by atoms with van der Waals surface area (Å²) >= 11 is 0. The number of benzene rings is 2. The third-order valence-corrected chi connectivity index (χ3v) is 3.21. The Morgan fingerprint density at radius 1 is 0.958 bits per heavy atom. The summed E-state index contributed by atoms with van der Waals surface area (Å²) in [5.74, 6) is -1.62. The Bertz CT molecular complexity index is 645. The molecular weight excluding hydrogens is 308 g/mol. The quantitative estimate of drug-likeness (QED) is 0.529.